The van der Waals surface area contributed by atoms with E-state index in [1.54, 1.807) is 6.07 Å². The summed E-state index contributed by atoms with van der Waals surface area (Å²) in [6, 6.07) is 4.43. The van der Waals surface area contributed by atoms with Gasteiger partial charge in [0.2, 0.25) is 15.9 Å². The van der Waals surface area contributed by atoms with Gasteiger partial charge in [0.1, 0.15) is 4.90 Å². The number of benzene rings is 1. The van der Waals surface area contributed by atoms with Gasteiger partial charge in [0.15, 0.2) is 0 Å². The number of nitrogens with zero attached hydrogens (tertiary/aromatic N) is 2. The van der Waals surface area contributed by atoms with Gasteiger partial charge in [-0.3, -0.25) is 9.69 Å². The van der Waals surface area contributed by atoms with Crippen molar-refractivity contribution in [1.29, 1.82) is 0 Å². The van der Waals surface area contributed by atoms with Crippen LogP contribution in [0.5, 0.6) is 0 Å². The van der Waals surface area contributed by atoms with Crippen LogP contribution in [0.2, 0.25) is 10.0 Å². The summed E-state index contributed by atoms with van der Waals surface area (Å²) in [5.74, 6) is 0.0288. The fourth-order valence-electron chi connectivity index (χ4n) is 3.88. The van der Waals surface area contributed by atoms with Crippen molar-refractivity contribution in [1.82, 2.24) is 14.5 Å². The molecule has 28 heavy (non-hydrogen) atoms. The second kappa shape index (κ2) is 9.30. The normalized spacial score (nSPS) is 21.4. The van der Waals surface area contributed by atoms with Crippen molar-refractivity contribution in [2.24, 2.45) is 0 Å². The molecule has 1 N–H and O–H groups in total. The van der Waals surface area contributed by atoms with Gasteiger partial charge in [-0.25, -0.2) is 8.42 Å². The molecule has 156 valence electrons. The minimum absolute atomic E-state index is 0.0261. The smallest absolute Gasteiger partial charge is 0.244 e. The molecule has 1 saturated carbocycles. The van der Waals surface area contributed by atoms with Crippen molar-refractivity contribution in [3.8, 4) is 0 Å². The molecule has 2 fully saturated rings. The van der Waals surface area contributed by atoms with Crippen LogP contribution in [0.15, 0.2) is 23.1 Å². The van der Waals surface area contributed by atoms with E-state index in [1.807, 2.05) is 11.8 Å². The van der Waals surface area contributed by atoms with Crippen LogP contribution in [0.1, 0.15) is 39.0 Å². The zero-order valence-electron chi connectivity index (χ0n) is 16.0. The summed E-state index contributed by atoms with van der Waals surface area (Å²) in [5, 5.41) is 3.64. The van der Waals surface area contributed by atoms with Gasteiger partial charge in [0.05, 0.1) is 11.1 Å². The fourth-order valence-corrected chi connectivity index (χ4v) is 6.04. The van der Waals surface area contributed by atoms with E-state index in [9.17, 15) is 13.2 Å². The van der Waals surface area contributed by atoms with Crippen LogP contribution in [0.3, 0.4) is 0 Å². The van der Waals surface area contributed by atoms with Crippen molar-refractivity contribution >= 4 is 39.1 Å². The SMILES string of the molecule is CC(C(=O)NC1CCCCC1)N1CCN(S(=O)(=O)c2cc(Cl)ccc2Cl)CC1. The lowest BCUT2D eigenvalue weighted by Gasteiger charge is -2.37. The third kappa shape index (κ3) is 5.00. The second-order valence-electron chi connectivity index (χ2n) is 7.53. The summed E-state index contributed by atoms with van der Waals surface area (Å²) < 4.78 is 27.2. The summed E-state index contributed by atoms with van der Waals surface area (Å²) in [6.45, 7) is 3.50. The Kier molecular flexibility index (Phi) is 7.26. The van der Waals surface area contributed by atoms with Crippen molar-refractivity contribution in [2.45, 2.75) is 56.0 Å². The molecule has 1 aliphatic heterocycles. The highest BCUT2D eigenvalue weighted by atomic mass is 35.5. The number of amides is 1. The van der Waals surface area contributed by atoms with Crippen LogP contribution in [0.4, 0.5) is 0 Å². The Morgan fingerprint density at radius 1 is 1.11 bits per heavy atom. The van der Waals surface area contributed by atoms with Crippen LogP contribution in [-0.2, 0) is 14.8 Å². The maximum atomic E-state index is 12.9. The zero-order chi connectivity index (χ0) is 20.3. The Morgan fingerprint density at radius 2 is 1.75 bits per heavy atom. The molecule has 3 rings (SSSR count). The third-order valence-corrected chi connectivity index (χ3v) is 8.28. The predicted octanol–water partition coefficient (Wildman–Crippen LogP) is 3.14. The molecule has 0 spiro atoms. The largest absolute Gasteiger partial charge is 0.352 e. The molecule has 1 unspecified atom stereocenters. The molecule has 1 atom stereocenters. The summed E-state index contributed by atoms with van der Waals surface area (Å²) in [7, 11) is -3.72. The van der Waals surface area contributed by atoms with Gasteiger partial charge in [0.25, 0.3) is 0 Å². The molecule has 6 nitrogen and oxygen atoms in total. The average molecular weight is 448 g/mol. The molecule has 1 aromatic carbocycles. The summed E-state index contributed by atoms with van der Waals surface area (Å²) in [4.78, 5) is 14.6. The molecule has 1 heterocycles. The second-order valence-corrected chi connectivity index (χ2v) is 10.3. The quantitative estimate of drug-likeness (QED) is 0.752. The van der Waals surface area contributed by atoms with E-state index in [2.05, 4.69) is 5.32 Å². The third-order valence-electron chi connectivity index (χ3n) is 5.66. The highest BCUT2D eigenvalue weighted by Gasteiger charge is 2.33. The number of piperazine rings is 1. The van der Waals surface area contributed by atoms with E-state index >= 15 is 0 Å². The van der Waals surface area contributed by atoms with Gasteiger partial charge >= 0.3 is 0 Å². The molecule has 0 aromatic heterocycles. The summed E-state index contributed by atoms with van der Waals surface area (Å²) in [6.07, 6.45) is 5.68. The van der Waals surface area contributed by atoms with Crippen molar-refractivity contribution in [3.63, 3.8) is 0 Å². The van der Waals surface area contributed by atoms with E-state index in [4.69, 9.17) is 23.2 Å². The van der Waals surface area contributed by atoms with Crippen LogP contribution >= 0.6 is 23.2 Å². The van der Waals surface area contributed by atoms with Crippen molar-refractivity contribution in [2.75, 3.05) is 26.2 Å². The monoisotopic (exact) mass is 447 g/mol. The predicted molar refractivity (Wildman–Crippen MR) is 111 cm³/mol. The summed E-state index contributed by atoms with van der Waals surface area (Å²) in [5.41, 5.74) is 0. The Morgan fingerprint density at radius 3 is 2.39 bits per heavy atom. The maximum absolute atomic E-state index is 12.9. The maximum Gasteiger partial charge on any atom is 0.244 e. The Bertz CT molecular complexity index is 805. The van der Waals surface area contributed by atoms with Crippen LogP contribution < -0.4 is 5.32 Å². The van der Waals surface area contributed by atoms with Crippen LogP contribution in [0, 0.1) is 0 Å². The summed E-state index contributed by atoms with van der Waals surface area (Å²) >= 11 is 12.0. The fraction of sp³-hybridized carbons (Fsp3) is 0.632. The number of halogens is 2. The minimum atomic E-state index is -3.72. The van der Waals surface area contributed by atoms with Crippen LogP contribution in [0.25, 0.3) is 0 Å². The van der Waals surface area contributed by atoms with Gasteiger partial charge in [-0.1, -0.05) is 42.5 Å². The van der Waals surface area contributed by atoms with E-state index in [-0.39, 0.29) is 27.9 Å². The van der Waals surface area contributed by atoms with Gasteiger partial charge < -0.3 is 5.32 Å². The minimum Gasteiger partial charge on any atom is -0.352 e. The molecule has 1 amide bonds. The van der Waals surface area contributed by atoms with E-state index in [1.165, 1.54) is 35.7 Å². The molecule has 1 aromatic rings. The number of hydrogen-bond donors (Lipinski definition) is 1. The number of carbonyl (C=O) groups is 1. The molecule has 1 aliphatic carbocycles. The first-order valence-electron chi connectivity index (χ1n) is 9.78. The van der Waals surface area contributed by atoms with Gasteiger partial charge in [0, 0.05) is 37.2 Å². The van der Waals surface area contributed by atoms with Gasteiger partial charge in [-0.05, 0) is 38.0 Å². The Balaban J connectivity index is 1.58. The van der Waals surface area contributed by atoms with E-state index in [0.29, 0.717) is 31.2 Å². The number of carbonyl (C=O) groups excluding carboxylic acids is 1. The highest BCUT2D eigenvalue weighted by Crippen LogP contribution is 2.28. The molecule has 1 saturated heterocycles. The zero-order valence-corrected chi connectivity index (χ0v) is 18.4. The van der Waals surface area contributed by atoms with Crippen molar-refractivity contribution in [3.05, 3.63) is 28.2 Å². The van der Waals surface area contributed by atoms with Crippen molar-refractivity contribution < 1.29 is 13.2 Å². The average Bonchev–Trinajstić information content (AvgIpc) is 2.70. The van der Waals surface area contributed by atoms with Gasteiger partial charge in [-0.2, -0.15) is 4.31 Å². The lowest BCUT2D eigenvalue weighted by atomic mass is 9.95. The first-order valence-corrected chi connectivity index (χ1v) is 12.0. The molecular weight excluding hydrogens is 421 g/mol. The molecule has 0 radical (unpaired) electrons. The number of sulfonamides is 1. The number of nitrogens with one attached hydrogen (secondary N) is 1. The Labute approximate surface area is 177 Å². The van der Waals surface area contributed by atoms with Crippen LogP contribution in [-0.4, -0.2) is 61.8 Å². The Hall–Kier alpha value is -0.860. The first kappa shape index (κ1) is 21.8. The standard InChI is InChI=1S/C19H27Cl2N3O3S/c1-14(19(25)22-16-5-3-2-4-6-16)23-9-11-24(12-10-23)28(26,27)18-13-15(20)7-8-17(18)21/h7-8,13-14,16H,2-6,9-12H2,1H3,(H,22,25). The number of rotatable bonds is 5. The van der Waals surface area contributed by atoms with Gasteiger partial charge in [-0.15, -0.1) is 0 Å². The molecule has 9 heteroatoms. The molecule has 2 aliphatic rings. The highest BCUT2D eigenvalue weighted by molar-refractivity contribution is 7.89. The number of hydrogen-bond acceptors (Lipinski definition) is 4. The molecular formula is C19H27Cl2N3O3S. The first-order chi connectivity index (χ1) is 13.3. The lowest BCUT2D eigenvalue weighted by Crippen LogP contribution is -2.55. The van der Waals surface area contributed by atoms with E-state index in [0.717, 1.165) is 12.8 Å². The topological polar surface area (TPSA) is 69.7 Å². The lowest BCUT2D eigenvalue weighted by molar-refractivity contribution is -0.127. The van der Waals surface area contributed by atoms with E-state index < -0.39 is 10.0 Å². The molecule has 0 bridgehead atoms.